The Morgan fingerprint density at radius 1 is 1.00 bits per heavy atom. The molecule has 0 saturated heterocycles. The number of nitrogens with one attached hydrogen (secondary N) is 1. The van der Waals surface area contributed by atoms with Crippen LogP contribution in [-0.2, 0) is 9.59 Å². The molecule has 0 spiro atoms. The Morgan fingerprint density at radius 3 is 2.34 bits per heavy atom. The molecule has 1 atom stereocenters. The largest absolute Gasteiger partial charge is 0.493 e. The van der Waals surface area contributed by atoms with E-state index in [1.807, 2.05) is 42.5 Å². The third kappa shape index (κ3) is 6.36. The average molecular weight is 451 g/mol. The van der Waals surface area contributed by atoms with Gasteiger partial charge in [0.15, 0.2) is 18.1 Å². The van der Waals surface area contributed by atoms with Crippen LogP contribution in [0.15, 0.2) is 78.9 Å². The van der Waals surface area contributed by atoms with Crippen molar-refractivity contribution in [3.63, 3.8) is 0 Å². The number of halogens is 1. The highest BCUT2D eigenvalue weighted by Crippen LogP contribution is 2.28. The van der Waals surface area contributed by atoms with Gasteiger partial charge in [0.2, 0.25) is 5.91 Å². The molecule has 3 rings (SSSR count). The van der Waals surface area contributed by atoms with Gasteiger partial charge in [0.1, 0.15) is 0 Å². The zero-order valence-electron chi connectivity index (χ0n) is 17.5. The molecule has 0 aromatic heterocycles. The highest BCUT2D eigenvalue weighted by molar-refractivity contribution is 6.30. The normalized spacial score (nSPS) is 11.7. The first-order chi connectivity index (χ1) is 15.5. The third-order valence-corrected chi connectivity index (χ3v) is 4.86. The second-order valence-electron chi connectivity index (χ2n) is 6.90. The molecule has 3 aromatic rings. The van der Waals surface area contributed by atoms with Gasteiger partial charge in [-0.1, -0.05) is 60.1 Å². The topological polar surface area (TPSA) is 90.7 Å². The number of ether oxygens (including phenoxy) is 2. The summed E-state index contributed by atoms with van der Waals surface area (Å²) in [7, 11) is 1.49. The summed E-state index contributed by atoms with van der Waals surface area (Å²) >= 11 is 6.02. The molecule has 7 heteroatoms. The van der Waals surface area contributed by atoms with Gasteiger partial charge in [0.05, 0.1) is 13.2 Å². The second-order valence-corrected chi connectivity index (χ2v) is 7.34. The molecule has 164 valence electrons. The predicted octanol–water partition coefficient (Wildman–Crippen LogP) is 4.13. The van der Waals surface area contributed by atoms with E-state index in [4.69, 9.17) is 26.8 Å². The molecule has 0 saturated carbocycles. The molecule has 0 aliphatic carbocycles. The molecule has 0 fully saturated rings. The molecular formula is C25H23ClN2O4. The summed E-state index contributed by atoms with van der Waals surface area (Å²) < 4.78 is 10.6. The fourth-order valence-corrected chi connectivity index (χ4v) is 3.20. The quantitative estimate of drug-likeness (QED) is 0.479. The van der Waals surface area contributed by atoms with Crippen LogP contribution in [0, 0.1) is 0 Å². The molecule has 0 aliphatic rings. The molecular weight excluding hydrogens is 428 g/mol. The van der Waals surface area contributed by atoms with Crippen LogP contribution < -0.4 is 20.5 Å². The number of methoxy groups -OCH3 is 1. The van der Waals surface area contributed by atoms with Gasteiger partial charge >= 0.3 is 0 Å². The minimum Gasteiger partial charge on any atom is -0.493 e. The predicted molar refractivity (Wildman–Crippen MR) is 125 cm³/mol. The zero-order valence-corrected chi connectivity index (χ0v) is 18.2. The van der Waals surface area contributed by atoms with E-state index in [9.17, 15) is 9.59 Å². The highest BCUT2D eigenvalue weighted by Gasteiger charge is 2.15. The van der Waals surface area contributed by atoms with Crippen LogP contribution in [0.5, 0.6) is 11.5 Å². The van der Waals surface area contributed by atoms with Gasteiger partial charge in [-0.05, 0) is 47.0 Å². The molecule has 32 heavy (non-hydrogen) atoms. The Morgan fingerprint density at radius 2 is 1.69 bits per heavy atom. The Bertz CT molecular complexity index is 1100. The summed E-state index contributed by atoms with van der Waals surface area (Å²) in [6.07, 6.45) is 3.12. The number of carbonyl (C=O) groups excluding carboxylic acids is 2. The van der Waals surface area contributed by atoms with Gasteiger partial charge in [-0.25, -0.2) is 0 Å². The van der Waals surface area contributed by atoms with E-state index in [1.54, 1.807) is 36.4 Å². The number of benzene rings is 3. The van der Waals surface area contributed by atoms with Crippen molar-refractivity contribution >= 4 is 29.5 Å². The summed E-state index contributed by atoms with van der Waals surface area (Å²) in [5.41, 5.74) is 7.70. The van der Waals surface area contributed by atoms with Crippen LogP contribution in [0.25, 0.3) is 6.08 Å². The summed E-state index contributed by atoms with van der Waals surface area (Å²) in [4.78, 5) is 23.6. The van der Waals surface area contributed by atoms with Crippen molar-refractivity contribution in [1.29, 1.82) is 0 Å². The van der Waals surface area contributed by atoms with Crippen molar-refractivity contribution in [2.75, 3.05) is 13.7 Å². The van der Waals surface area contributed by atoms with Crippen LogP contribution >= 0.6 is 11.6 Å². The summed E-state index contributed by atoms with van der Waals surface area (Å²) in [6.45, 7) is -0.250. The van der Waals surface area contributed by atoms with Gasteiger partial charge in [0.25, 0.3) is 5.91 Å². The van der Waals surface area contributed by atoms with Crippen LogP contribution in [-0.4, -0.2) is 25.5 Å². The van der Waals surface area contributed by atoms with Crippen LogP contribution in [0.2, 0.25) is 5.02 Å². The van der Waals surface area contributed by atoms with Crippen LogP contribution in [0.3, 0.4) is 0 Å². The minimum atomic E-state index is -0.582. The van der Waals surface area contributed by atoms with E-state index < -0.39 is 5.91 Å². The van der Waals surface area contributed by atoms with E-state index in [1.165, 1.54) is 13.2 Å². The van der Waals surface area contributed by atoms with Crippen molar-refractivity contribution in [2.24, 2.45) is 5.73 Å². The summed E-state index contributed by atoms with van der Waals surface area (Å²) in [5.74, 6) is -0.0277. The lowest BCUT2D eigenvalue weighted by molar-refractivity contribution is -0.120. The monoisotopic (exact) mass is 450 g/mol. The number of hydrogen-bond donors (Lipinski definition) is 2. The lowest BCUT2D eigenvalue weighted by Crippen LogP contribution is -2.27. The molecule has 3 N–H and O–H groups in total. The van der Waals surface area contributed by atoms with Gasteiger partial charge in [-0.2, -0.15) is 0 Å². The van der Waals surface area contributed by atoms with E-state index in [2.05, 4.69) is 5.32 Å². The first-order valence-corrected chi connectivity index (χ1v) is 10.2. The van der Waals surface area contributed by atoms with Crippen molar-refractivity contribution in [3.8, 4) is 11.5 Å². The van der Waals surface area contributed by atoms with E-state index >= 15 is 0 Å². The smallest absolute Gasteiger partial charge is 0.255 e. The van der Waals surface area contributed by atoms with Crippen molar-refractivity contribution < 1.29 is 19.1 Å². The SMILES string of the molecule is COc1cc(/C=C/C(=O)NC(c2ccccc2)c2ccc(Cl)cc2)ccc1OCC(N)=O. The molecule has 1 unspecified atom stereocenters. The van der Waals surface area contributed by atoms with Crippen LogP contribution in [0.1, 0.15) is 22.7 Å². The highest BCUT2D eigenvalue weighted by atomic mass is 35.5. The molecule has 6 nitrogen and oxygen atoms in total. The Balaban J connectivity index is 1.76. The van der Waals surface area contributed by atoms with Gasteiger partial charge in [-0.3, -0.25) is 9.59 Å². The second kappa shape index (κ2) is 11.0. The maximum atomic E-state index is 12.7. The fourth-order valence-electron chi connectivity index (χ4n) is 3.08. The summed E-state index contributed by atoms with van der Waals surface area (Å²) in [5, 5.41) is 3.66. The van der Waals surface area contributed by atoms with E-state index in [0.29, 0.717) is 16.5 Å². The standard InChI is InChI=1S/C25H23ClN2O4/c1-31-22-15-17(7-13-21(22)32-16-23(27)29)8-14-24(30)28-25(18-5-3-2-4-6-18)19-9-11-20(26)12-10-19/h2-15,25H,16H2,1H3,(H2,27,29)(H,28,30)/b14-8+. The van der Waals surface area contributed by atoms with Gasteiger partial charge in [-0.15, -0.1) is 0 Å². The van der Waals surface area contributed by atoms with Crippen LogP contribution in [0.4, 0.5) is 0 Å². The number of hydrogen-bond acceptors (Lipinski definition) is 4. The average Bonchev–Trinajstić information content (AvgIpc) is 2.81. The number of nitrogens with two attached hydrogens (primary N) is 1. The molecule has 0 heterocycles. The van der Waals surface area contributed by atoms with Gasteiger partial charge in [0, 0.05) is 11.1 Å². The Hall–Kier alpha value is -3.77. The molecule has 2 amide bonds. The number of rotatable bonds is 9. The Kier molecular flexibility index (Phi) is 7.89. The minimum absolute atomic E-state index is 0.250. The van der Waals surface area contributed by atoms with Crippen molar-refractivity contribution in [3.05, 3.63) is 101 Å². The van der Waals surface area contributed by atoms with E-state index in [0.717, 1.165) is 16.7 Å². The van der Waals surface area contributed by atoms with Crippen molar-refractivity contribution in [2.45, 2.75) is 6.04 Å². The molecule has 3 aromatic carbocycles. The van der Waals surface area contributed by atoms with Gasteiger partial charge < -0.3 is 20.5 Å². The first-order valence-electron chi connectivity index (χ1n) is 9.84. The summed E-state index contributed by atoms with van der Waals surface area (Å²) in [6, 6.07) is 21.8. The lowest BCUT2D eigenvalue weighted by atomic mass is 9.98. The number of carbonyl (C=O) groups is 2. The maximum absolute atomic E-state index is 12.7. The maximum Gasteiger partial charge on any atom is 0.255 e. The van der Waals surface area contributed by atoms with Crippen molar-refractivity contribution in [1.82, 2.24) is 5.32 Å². The third-order valence-electron chi connectivity index (χ3n) is 4.61. The molecule has 0 radical (unpaired) electrons. The lowest BCUT2D eigenvalue weighted by Gasteiger charge is -2.19. The van der Waals surface area contributed by atoms with E-state index in [-0.39, 0.29) is 18.6 Å². The zero-order chi connectivity index (χ0) is 22.9. The number of amides is 2. The number of primary amides is 1. The fraction of sp³-hybridized carbons (Fsp3) is 0.120. The first kappa shape index (κ1) is 22.9. The molecule has 0 bridgehead atoms. The Labute approximate surface area is 191 Å². The molecule has 0 aliphatic heterocycles.